The van der Waals surface area contributed by atoms with Crippen molar-refractivity contribution in [1.82, 2.24) is 4.98 Å². The third-order valence-electron chi connectivity index (χ3n) is 3.11. The highest BCUT2D eigenvalue weighted by Gasteiger charge is 2.33. The molecule has 0 aliphatic rings. The monoisotopic (exact) mass is 466 g/mol. The van der Waals surface area contributed by atoms with Crippen LogP contribution in [0.15, 0.2) is 45.4 Å². The van der Waals surface area contributed by atoms with Crippen LogP contribution in [-0.4, -0.2) is 26.4 Å². The smallest absolute Gasteiger partial charge is 0.573 e. The fourth-order valence-electron chi connectivity index (χ4n) is 1.87. The predicted molar refractivity (Wildman–Crippen MR) is 98.6 cm³/mol. The fraction of sp³-hybridized carbons (Fsp3) is 0.294. The topological polar surface area (TPSA) is 57.5 Å². The van der Waals surface area contributed by atoms with E-state index in [1.807, 2.05) is 0 Å². The maximum Gasteiger partial charge on any atom is 0.573 e. The van der Waals surface area contributed by atoms with E-state index >= 15 is 0 Å². The van der Waals surface area contributed by atoms with Gasteiger partial charge in [-0.3, -0.25) is 4.98 Å². The van der Waals surface area contributed by atoms with Crippen molar-refractivity contribution in [2.75, 3.05) is 0 Å². The average Bonchev–Trinajstić information content (AvgIpc) is 2.53. The lowest BCUT2D eigenvalue weighted by Gasteiger charge is -2.19. The maximum absolute atomic E-state index is 14.1. The number of benzene rings is 1. The third-order valence-corrected chi connectivity index (χ3v) is 5.15. The molecule has 1 heterocycles. The number of nitrogens with zero attached hydrogens (tertiary/aromatic N) is 2. The SMILES string of the molecule is CC(C)(C)[S@+]([O-])/N=C(/c1ccc(OC(F)(F)F)c(F)c1)c1ncccc1Br. The summed E-state index contributed by atoms with van der Waals surface area (Å²) in [4.78, 5) is 4.16. The van der Waals surface area contributed by atoms with E-state index in [0.29, 0.717) is 4.47 Å². The van der Waals surface area contributed by atoms with Crippen molar-refractivity contribution in [1.29, 1.82) is 0 Å². The first kappa shape index (κ1) is 21.6. The van der Waals surface area contributed by atoms with Crippen molar-refractivity contribution in [3.05, 3.63) is 58.1 Å². The Hall–Kier alpha value is -1.65. The number of halogens is 5. The molecular formula is C17H15BrF4N2O2S. The lowest BCUT2D eigenvalue weighted by atomic mass is 10.1. The van der Waals surface area contributed by atoms with Gasteiger partial charge in [0.25, 0.3) is 0 Å². The van der Waals surface area contributed by atoms with Gasteiger partial charge in [0.2, 0.25) is 0 Å². The Balaban J connectivity index is 2.57. The van der Waals surface area contributed by atoms with Gasteiger partial charge in [-0.1, -0.05) is 4.40 Å². The molecule has 1 atom stereocenters. The first-order chi connectivity index (χ1) is 12.4. The van der Waals surface area contributed by atoms with E-state index < -0.39 is 34.0 Å². The molecule has 0 aliphatic carbocycles. The van der Waals surface area contributed by atoms with Gasteiger partial charge in [-0.2, -0.15) is 0 Å². The van der Waals surface area contributed by atoms with Gasteiger partial charge < -0.3 is 9.29 Å². The van der Waals surface area contributed by atoms with Gasteiger partial charge in [0.15, 0.2) is 11.6 Å². The molecule has 0 aliphatic heterocycles. The summed E-state index contributed by atoms with van der Waals surface area (Å²) in [5.41, 5.74) is 0.464. The number of pyridine rings is 1. The Morgan fingerprint density at radius 1 is 1.22 bits per heavy atom. The molecule has 1 aromatic heterocycles. The number of hydrogen-bond donors (Lipinski definition) is 0. The zero-order valence-corrected chi connectivity index (χ0v) is 16.9. The number of aromatic nitrogens is 1. The highest BCUT2D eigenvalue weighted by Crippen LogP contribution is 2.29. The van der Waals surface area contributed by atoms with Crippen LogP contribution < -0.4 is 4.74 Å². The molecule has 2 rings (SSSR count). The van der Waals surface area contributed by atoms with Crippen LogP contribution in [0.5, 0.6) is 5.75 Å². The molecule has 2 aromatic rings. The Morgan fingerprint density at radius 2 is 1.89 bits per heavy atom. The van der Waals surface area contributed by atoms with Gasteiger partial charge in [0.1, 0.15) is 27.5 Å². The lowest BCUT2D eigenvalue weighted by molar-refractivity contribution is -0.275. The molecule has 0 unspecified atom stereocenters. The molecule has 1 aromatic carbocycles. The molecule has 27 heavy (non-hydrogen) atoms. The molecule has 4 nitrogen and oxygen atoms in total. The largest absolute Gasteiger partial charge is 0.591 e. The molecule has 0 saturated carbocycles. The van der Waals surface area contributed by atoms with Gasteiger partial charge in [-0.25, -0.2) is 4.39 Å². The first-order valence-corrected chi connectivity index (χ1v) is 9.46. The maximum atomic E-state index is 14.1. The van der Waals surface area contributed by atoms with Crippen LogP contribution in [-0.2, 0) is 11.4 Å². The van der Waals surface area contributed by atoms with E-state index in [-0.39, 0.29) is 17.0 Å². The van der Waals surface area contributed by atoms with Crippen molar-refractivity contribution in [2.24, 2.45) is 4.40 Å². The van der Waals surface area contributed by atoms with Gasteiger partial charge in [-0.05, 0) is 67.0 Å². The molecule has 0 saturated heterocycles. The number of rotatable bonds is 4. The number of alkyl halides is 3. The fourth-order valence-corrected chi connectivity index (χ4v) is 2.94. The molecule has 0 radical (unpaired) electrons. The van der Waals surface area contributed by atoms with Gasteiger partial charge in [-0.15, -0.1) is 13.2 Å². The molecule has 10 heteroatoms. The van der Waals surface area contributed by atoms with Crippen LogP contribution in [0.2, 0.25) is 0 Å². The molecule has 0 fully saturated rings. The molecule has 0 spiro atoms. The second kappa shape index (κ2) is 8.15. The summed E-state index contributed by atoms with van der Waals surface area (Å²) in [5, 5.41) is 0. The second-order valence-electron chi connectivity index (χ2n) is 6.33. The Kier molecular flexibility index (Phi) is 6.54. The van der Waals surface area contributed by atoms with Crippen LogP contribution in [0.1, 0.15) is 32.0 Å². The second-order valence-corrected chi connectivity index (χ2v) is 9.09. The van der Waals surface area contributed by atoms with Crippen LogP contribution >= 0.6 is 15.9 Å². The molecule has 0 amide bonds. The predicted octanol–water partition coefficient (Wildman–Crippen LogP) is 5.18. The van der Waals surface area contributed by atoms with E-state index in [4.69, 9.17) is 0 Å². The summed E-state index contributed by atoms with van der Waals surface area (Å²) in [7, 11) is 0. The van der Waals surface area contributed by atoms with E-state index in [1.54, 1.807) is 32.9 Å². The van der Waals surface area contributed by atoms with E-state index in [2.05, 4.69) is 30.0 Å². The van der Waals surface area contributed by atoms with Crippen molar-refractivity contribution < 1.29 is 26.9 Å². The quantitative estimate of drug-likeness (QED) is 0.354. The van der Waals surface area contributed by atoms with Crippen LogP contribution in [0, 0.1) is 5.82 Å². The number of hydrogen-bond acceptors (Lipinski definition) is 4. The van der Waals surface area contributed by atoms with Crippen molar-refractivity contribution in [3.63, 3.8) is 0 Å². The minimum Gasteiger partial charge on any atom is -0.591 e. The zero-order chi connectivity index (χ0) is 20.4. The van der Waals surface area contributed by atoms with Crippen molar-refractivity contribution in [2.45, 2.75) is 31.9 Å². The Morgan fingerprint density at radius 3 is 2.41 bits per heavy atom. The summed E-state index contributed by atoms with van der Waals surface area (Å²) in [6, 6.07) is 6.18. The Labute approximate surface area is 165 Å². The summed E-state index contributed by atoms with van der Waals surface area (Å²) >= 11 is 1.59. The van der Waals surface area contributed by atoms with Crippen LogP contribution in [0.3, 0.4) is 0 Å². The summed E-state index contributed by atoms with van der Waals surface area (Å²) in [5.74, 6) is -2.20. The molecule has 0 N–H and O–H groups in total. The van der Waals surface area contributed by atoms with Gasteiger partial charge in [0, 0.05) is 16.2 Å². The molecule has 0 bridgehead atoms. The summed E-state index contributed by atoms with van der Waals surface area (Å²) < 4.78 is 71.2. The van der Waals surface area contributed by atoms with Crippen molar-refractivity contribution >= 4 is 33.0 Å². The number of ether oxygens (including phenoxy) is 1. The van der Waals surface area contributed by atoms with E-state index in [9.17, 15) is 22.1 Å². The first-order valence-electron chi connectivity index (χ1n) is 7.56. The van der Waals surface area contributed by atoms with Crippen LogP contribution in [0.4, 0.5) is 17.6 Å². The standard InChI is InChI=1S/C17H15BrF4N2O2S/c1-16(2,3)27(25)24-14(15-11(18)5-4-8-23-15)10-6-7-13(12(19)9-10)26-17(20,21)22/h4-9H,1-3H3/b24-14-/t27-/m0/s1. The third kappa shape index (κ3) is 5.91. The van der Waals surface area contributed by atoms with Crippen LogP contribution in [0.25, 0.3) is 0 Å². The summed E-state index contributed by atoms with van der Waals surface area (Å²) in [6.45, 7) is 5.12. The highest BCUT2D eigenvalue weighted by molar-refractivity contribution is 9.10. The van der Waals surface area contributed by atoms with Crippen molar-refractivity contribution in [3.8, 4) is 5.75 Å². The summed E-state index contributed by atoms with van der Waals surface area (Å²) in [6.07, 6.45) is -3.55. The molecule has 146 valence electrons. The molecular weight excluding hydrogens is 452 g/mol. The van der Waals surface area contributed by atoms with E-state index in [0.717, 1.165) is 12.1 Å². The zero-order valence-electron chi connectivity index (χ0n) is 14.5. The highest BCUT2D eigenvalue weighted by atomic mass is 79.9. The van der Waals surface area contributed by atoms with E-state index in [1.165, 1.54) is 12.3 Å². The van der Waals surface area contributed by atoms with Gasteiger partial charge in [0.05, 0.1) is 0 Å². The Bertz CT molecular complexity index is 854. The average molecular weight is 467 g/mol. The lowest BCUT2D eigenvalue weighted by Crippen LogP contribution is -2.27. The normalized spacial score (nSPS) is 14.2. The van der Waals surface area contributed by atoms with Gasteiger partial charge >= 0.3 is 6.36 Å². The minimum atomic E-state index is -5.02. The minimum absolute atomic E-state index is 0.0770.